The Kier molecular flexibility index (Phi) is 5.08. The number of β-amino-alcohol motifs (C(OH)–C–C–N with tert-alkyl or cyclic N) is 1. The van der Waals surface area contributed by atoms with Gasteiger partial charge in [-0.15, -0.1) is 0 Å². The summed E-state index contributed by atoms with van der Waals surface area (Å²) in [5, 5.41) is 11.9. The third kappa shape index (κ3) is 3.87. The molecule has 6 rings (SSSR count). The molecular formula is C24H28N2O5. The highest BCUT2D eigenvalue weighted by molar-refractivity contribution is 6.17. The van der Waals surface area contributed by atoms with Crippen molar-refractivity contribution >= 4 is 23.5 Å². The van der Waals surface area contributed by atoms with Crippen LogP contribution in [0.3, 0.4) is 0 Å². The Morgan fingerprint density at radius 2 is 1.81 bits per heavy atom. The summed E-state index contributed by atoms with van der Waals surface area (Å²) >= 11 is 0. The minimum Gasteiger partial charge on any atom is -0.462 e. The Bertz CT molecular complexity index is 918. The predicted octanol–water partition coefficient (Wildman–Crippen LogP) is 2.72. The van der Waals surface area contributed by atoms with Gasteiger partial charge in [-0.25, -0.2) is 4.79 Å². The van der Waals surface area contributed by atoms with Crippen LogP contribution < -0.4 is 5.32 Å². The first-order chi connectivity index (χ1) is 14.9. The zero-order chi connectivity index (χ0) is 21.6. The molecule has 2 N–H and O–H groups in total. The third-order valence-corrected chi connectivity index (χ3v) is 7.38. The number of nitrogens with one attached hydrogen (secondary N) is 1. The standard InChI is InChI=1S/C24H28N2O5/c27-5-4-26-21(28)10-20(22(26)29)25-19-3-1-2-18(9-19)23(30)31-14-24-11-15-6-16(12-24)8-17(7-15)13-24/h1-3,9-10,15-17,25,27H,4-8,11-14H2. The lowest BCUT2D eigenvalue weighted by molar-refractivity contribution is -0.137. The van der Waals surface area contributed by atoms with E-state index in [-0.39, 0.29) is 30.2 Å². The fourth-order valence-corrected chi connectivity index (χ4v) is 6.56. The average molecular weight is 424 g/mol. The number of hydrogen-bond donors (Lipinski definition) is 2. The molecule has 0 atom stereocenters. The molecule has 164 valence electrons. The molecule has 31 heavy (non-hydrogen) atoms. The molecule has 4 bridgehead atoms. The van der Waals surface area contributed by atoms with Gasteiger partial charge in [0.25, 0.3) is 11.8 Å². The van der Waals surface area contributed by atoms with Gasteiger partial charge in [0.1, 0.15) is 5.70 Å². The average Bonchev–Trinajstić information content (AvgIpc) is 2.99. The molecule has 7 heteroatoms. The topological polar surface area (TPSA) is 95.9 Å². The maximum atomic E-state index is 12.8. The molecule has 2 amide bonds. The number of rotatable bonds is 7. The summed E-state index contributed by atoms with van der Waals surface area (Å²) in [4.78, 5) is 37.9. The number of nitrogens with zero attached hydrogens (tertiary/aromatic N) is 1. The Hall–Kier alpha value is -2.67. The molecule has 4 aliphatic carbocycles. The summed E-state index contributed by atoms with van der Waals surface area (Å²) in [5.41, 5.74) is 1.23. The Balaban J connectivity index is 1.22. The smallest absolute Gasteiger partial charge is 0.338 e. The Morgan fingerprint density at radius 3 is 2.45 bits per heavy atom. The van der Waals surface area contributed by atoms with E-state index in [1.807, 2.05) is 0 Å². The van der Waals surface area contributed by atoms with Crippen molar-refractivity contribution in [2.45, 2.75) is 38.5 Å². The number of hydrogen-bond acceptors (Lipinski definition) is 6. The first-order valence-electron chi connectivity index (χ1n) is 11.2. The number of carbonyl (C=O) groups excluding carboxylic acids is 3. The van der Waals surface area contributed by atoms with Gasteiger partial charge < -0.3 is 15.2 Å². The zero-order valence-electron chi connectivity index (χ0n) is 17.5. The van der Waals surface area contributed by atoms with Crippen LogP contribution in [0.5, 0.6) is 0 Å². The molecule has 1 aliphatic heterocycles. The molecule has 4 saturated carbocycles. The van der Waals surface area contributed by atoms with Crippen LogP contribution in [0.2, 0.25) is 0 Å². The Labute approximate surface area is 181 Å². The number of amides is 2. The largest absolute Gasteiger partial charge is 0.462 e. The van der Waals surface area contributed by atoms with Gasteiger partial charge in [0, 0.05) is 17.2 Å². The number of aliphatic hydroxyl groups excluding tert-OH is 1. The highest BCUT2D eigenvalue weighted by Crippen LogP contribution is 2.60. The summed E-state index contributed by atoms with van der Waals surface area (Å²) in [5.74, 6) is 1.11. The van der Waals surface area contributed by atoms with Crippen molar-refractivity contribution in [2.24, 2.45) is 23.2 Å². The van der Waals surface area contributed by atoms with Crippen molar-refractivity contribution in [3.63, 3.8) is 0 Å². The predicted molar refractivity (Wildman–Crippen MR) is 113 cm³/mol. The summed E-state index contributed by atoms with van der Waals surface area (Å²) < 4.78 is 5.79. The van der Waals surface area contributed by atoms with Crippen LogP contribution in [0.4, 0.5) is 5.69 Å². The van der Waals surface area contributed by atoms with E-state index in [0.29, 0.717) is 17.9 Å². The second kappa shape index (κ2) is 7.79. The van der Waals surface area contributed by atoms with Gasteiger partial charge in [-0.1, -0.05) is 6.07 Å². The summed E-state index contributed by atoms with van der Waals surface area (Å²) in [7, 11) is 0. The van der Waals surface area contributed by atoms with Gasteiger partial charge in [-0.2, -0.15) is 0 Å². The highest BCUT2D eigenvalue weighted by Gasteiger charge is 2.51. The van der Waals surface area contributed by atoms with Gasteiger partial charge in [0.05, 0.1) is 25.3 Å². The minimum absolute atomic E-state index is 0.0456. The van der Waals surface area contributed by atoms with E-state index in [9.17, 15) is 14.4 Å². The van der Waals surface area contributed by atoms with Crippen LogP contribution in [0.25, 0.3) is 0 Å². The van der Waals surface area contributed by atoms with Crippen LogP contribution >= 0.6 is 0 Å². The monoisotopic (exact) mass is 424 g/mol. The first kappa shape index (κ1) is 20.2. The third-order valence-electron chi connectivity index (χ3n) is 7.38. The van der Waals surface area contributed by atoms with Gasteiger partial charge in [-0.05, 0) is 74.5 Å². The molecule has 1 aromatic rings. The number of benzene rings is 1. The van der Waals surface area contributed by atoms with E-state index in [1.165, 1.54) is 44.6 Å². The van der Waals surface area contributed by atoms with Crippen molar-refractivity contribution in [3.05, 3.63) is 41.6 Å². The molecule has 5 aliphatic rings. The van der Waals surface area contributed by atoms with Gasteiger partial charge >= 0.3 is 5.97 Å². The van der Waals surface area contributed by atoms with Crippen LogP contribution in [0.15, 0.2) is 36.0 Å². The molecule has 1 aromatic carbocycles. The van der Waals surface area contributed by atoms with E-state index in [2.05, 4.69) is 5.32 Å². The van der Waals surface area contributed by atoms with Crippen molar-refractivity contribution in [3.8, 4) is 0 Å². The normalized spacial score (nSPS) is 31.2. The van der Waals surface area contributed by atoms with Crippen molar-refractivity contribution in [1.29, 1.82) is 0 Å². The number of ether oxygens (including phenoxy) is 1. The van der Waals surface area contributed by atoms with E-state index in [0.717, 1.165) is 22.7 Å². The van der Waals surface area contributed by atoms with Crippen molar-refractivity contribution in [2.75, 3.05) is 25.1 Å². The first-order valence-corrected chi connectivity index (χ1v) is 11.2. The van der Waals surface area contributed by atoms with E-state index < -0.39 is 11.8 Å². The summed E-state index contributed by atoms with van der Waals surface area (Å²) in [6.07, 6.45) is 8.82. The minimum atomic E-state index is -0.492. The van der Waals surface area contributed by atoms with E-state index in [1.54, 1.807) is 24.3 Å². The fourth-order valence-electron chi connectivity index (χ4n) is 6.56. The highest BCUT2D eigenvalue weighted by atomic mass is 16.5. The van der Waals surface area contributed by atoms with Crippen LogP contribution in [-0.4, -0.2) is 47.5 Å². The zero-order valence-corrected chi connectivity index (χ0v) is 17.5. The number of aliphatic hydroxyl groups is 1. The van der Waals surface area contributed by atoms with Crippen molar-refractivity contribution in [1.82, 2.24) is 4.90 Å². The molecule has 0 spiro atoms. The quantitative estimate of drug-likeness (QED) is 0.516. The SMILES string of the molecule is O=C(OCC12CC3CC(CC(C3)C1)C2)c1cccc(NC2=CC(=O)N(CCO)C2=O)c1. The van der Waals surface area contributed by atoms with Gasteiger partial charge in [0.15, 0.2) is 0 Å². The lowest BCUT2D eigenvalue weighted by Gasteiger charge is -2.56. The number of carbonyl (C=O) groups is 3. The van der Waals surface area contributed by atoms with Crippen molar-refractivity contribution < 1.29 is 24.2 Å². The second-order valence-corrected chi connectivity index (χ2v) is 9.78. The van der Waals surface area contributed by atoms with E-state index >= 15 is 0 Å². The maximum Gasteiger partial charge on any atom is 0.338 e. The molecule has 1 heterocycles. The molecular weight excluding hydrogens is 396 g/mol. The number of esters is 1. The van der Waals surface area contributed by atoms with Gasteiger partial charge in [0.2, 0.25) is 0 Å². The molecule has 7 nitrogen and oxygen atoms in total. The van der Waals surface area contributed by atoms with Crippen LogP contribution in [0.1, 0.15) is 48.9 Å². The molecule has 0 radical (unpaired) electrons. The molecule has 4 fully saturated rings. The van der Waals surface area contributed by atoms with Crippen LogP contribution in [-0.2, 0) is 14.3 Å². The number of imide groups is 1. The van der Waals surface area contributed by atoms with Gasteiger partial charge in [-0.3, -0.25) is 14.5 Å². The second-order valence-electron chi connectivity index (χ2n) is 9.78. The maximum absolute atomic E-state index is 12.8. The molecule has 0 unspecified atom stereocenters. The Morgan fingerprint density at radius 1 is 1.13 bits per heavy atom. The van der Waals surface area contributed by atoms with E-state index in [4.69, 9.17) is 9.84 Å². The fraction of sp³-hybridized carbons (Fsp3) is 0.542. The summed E-state index contributed by atoms with van der Waals surface area (Å²) in [6.45, 7) is 0.154. The molecule has 0 saturated heterocycles. The number of anilines is 1. The lowest BCUT2D eigenvalue weighted by Crippen LogP contribution is -2.48. The lowest BCUT2D eigenvalue weighted by atomic mass is 9.50. The summed E-state index contributed by atoms with van der Waals surface area (Å²) in [6, 6.07) is 6.77. The van der Waals surface area contributed by atoms with Crippen LogP contribution in [0, 0.1) is 23.2 Å². The molecule has 0 aromatic heterocycles.